The van der Waals surface area contributed by atoms with Gasteiger partial charge in [-0.25, -0.2) is 9.59 Å². The van der Waals surface area contributed by atoms with Crippen LogP contribution in [0.4, 0.5) is 0 Å². The summed E-state index contributed by atoms with van der Waals surface area (Å²) in [6.45, 7) is 14.4. The monoisotopic (exact) mass is 623 g/mol. The van der Waals surface area contributed by atoms with Gasteiger partial charge >= 0.3 is 11.9 Å². The van der Waals surface area contributed by atoms with Crippen LogP contribution < -0.4 is 0 Å². The SMILES string of the molecule is Cc1ccc(C(=O)OC(C)(C)C)cc1[C@](C/C=C/c1ccccc1)(C(=O)O[C@H]1C[C@H](C)CC[C@H]1C(C)(C)c1ccccc1)N(C)C. The third-order valence-electron chi connectivity index (χ3n) is 9.70. The molecule has 1 fully saturated rings. The number of ether oxygens (including phenoxy) is 2. The highest BCUT2D eigenvalue weighted by molar-refractivity contribution is 5.91. The molecule has 1 aliphatic rings. The molecule has 3 aromatic rings. The normalized spacial score (nSPS) is 20.3. The first kappa shape index (κ1) is 35.2. The lowest BCUT2D eigenvalue weighted by molar-refractivity contribution is -0.170. The Labute approximate surface area is 277 Å². The zero-order chi connectivity index (χ0) is 33.7. The van der Waals surface area contributed by atoms with E-state index in [9.17, 15) is 9.59 Å². The van der Waals surface area contributed by atoms with Gasteiger partial charge in [-0.1, -0.05) is 106 Å². The fourth-order valence-electron chi connectivity index (χ4n) is 6.97. The van der Waals surface area contributed by atoms with Crippen molar-refractivity contribution < 1.29 is 19.1 Å². The summed E-state index contributed by atoms with van der Waals surface area (Å²) in [6.07, 6.45) is 7.10. The maximum Gasteiger partial charge on any atom is 0.338 e. The van der Waals surface area contributed by atoms with Crippen LogP contribution in [-0.4, -0.2) is 42.6 Å². The Kier molecular flexibility index (Phi) is 11.0. The lowest BCUT2D eigenvalue weighted by Crippen LogP contribution is -2.52. The second-order valence-corrected chi connectivity index (χ2v) is 14.9. The predicted octanol–water partition coefficient (Wildman–Crippen LogP) is 9.14. The van der Waals surface area contributed by atoms with Crippen molar-refractivity contribution in [1.29, 1.82) is 0 Å². The maximum absolute atomic E-state index is 15.0. The Morgan fingerprint density at radius 1 is 0.891 bits per heavy atom. The Morgan fingerprint density at radius 2 is 1.52 bits per heavy atom. The highest BCUT2D eigenvalue weighted by Gasteiger charge is 2.48. The molecule has 0 aliphatic heterocycles. The van der Waals surface area contributed by atoms with Crippen LogP contribution in [0, 0.1) is 18.8 Å². The smallest absolute Gasteiger partial charge is 0.338 e. The van der Waals surface area contributed by atoms with E-state index in [4.69, 9.17) is 9.47 Å². The molecule has 1 saturated carbocycles. The van der Waals surface area contributed by atoms with Gasteiger partial charge in [0.05, 0.1) is 5.56 Å². The Morgan fingerprint density at radius 3 is 2.13 bits per heavy atom. The molecule has 4 atom stereocenters. The van der Waals surface area contributed by atoms with Gasteiger partial charge in [0.2, 0.25) is 0 Å². The number of benzene rings is 3. The van der Waals surface area contributed by atoms with Gasteiger partial charge in [-0.3, -0.25) is 4.90 Å². The summed E-state index contributed by atoms with van der Waals surface area (Å²) in [7, 11) is 3.85. The van der Waals surface area contributed by atoms with Crippen molar-refractivity contribution in [2.24, 2.45) is 11.8 Å². The minimum absolute atomic E-state index is 0.156. The van der Waals surface area contributed by atoms with E-state index in [0.717, 1.165) is 36.0 Å². The van der Waals surface area contributed by atoms with Crippen LogP contribution in [0.15, 0.2) is 84.9 Å². The van der Waals surface area contributed by atoms with Gasteiger partial charge in [-0.05, 0) is 107 Å². The van der Waals surface area contributed by atoms with E-state index in [2.05, 4.69) is 45.0 Å². The van der Waals surface area contributed by atoms with Gasteiger partial charge in [-0.2, -0.15) is 0 Å². The lowest BCUT2D eigenvalue weighted by atomic mass is 9.64. The molecule has 0 heterocycles. The Hall–Kier alpha value is -3.70. The summed E-state index contributed by atoms with van der Waals surface area (Å²) < 4.78 is 12.5. The van der Waals surface area contributed by atoms with Crippen LogP contribution in [0.1, 0.15) is 99.8 Å². The van der Waals surface area contributed by atoms with E-state index in [1.54, 1.807) is 6.07 Å². The molecular formula is C41H53NO4. The van der Waals surface area contributed by atoms with E-state index in [-0.39, 0.29) is 23.4 Å². The topological polar surface area (TPSA) is 55.8 Å². The summed E-state index contributed by atoms with van der Waals surface area (Å²) in [5.74, 6) is -0.110. The number of nitrogens with zero attached hydrogens (tertiary/aromatic N) is 1. The molecule has 0 aromatic heterocycles. The minimum Gasteiger partial charge on any atom is -0.460 e. The molecule has 4 rings (SSSR count). The lowest BCUT2D eigenvalue weighted by Gasteiger charge is -2.46. The number of hydrogen-bond acceptors (Lipinski definition) is 5. The van der Waals surface area contributed by atoms with Crippen molar-refractivity contribution in [3.8, 4) is 0 Å². The summed E-state index contributed by atoms with van der Waals surface area (Å²) in [5.41, 5.74) is 2.35. The standard InChI is InChI=1S/C41H53NO4/c1-29-22-25-34(40(6,7)33-20-14-11-15-21-33)36(27-29)45-38(44)41(42(8)9,26-16-19-31-17-12-10-13-18-31)35-28-32(24-23-30(35)2)37(43)46-39(3,4)5/h10-21,23-24,28-29,34,36H,22,25-27H2,1-9H3/b19-16+/t29-,34-,36+,41-/m1/s1. The summed E-state index contributed by atoms with van der Waals surface area (Å²) >= 11 is 0. The summed E-state index contributed by atoms with van der Waals surface area (Å²) in [4.78, 5) is 30.2. The number of likely N-dealkylation sites (N-methyl/N-ethyl adjacent to an activating group) is 1. The molecule has 0 amide bonds. The van der Waals surface area contributed by atoms with Crippen LogP contribution in [-0.2, 0) is 25.2 Å². The molecule has 0 unspecified atom stereocenters. The van der Waals surface area contributed by atoms with Crippen LogP contribution in [0.3, 0.4) is 0 Å². The van der Waals surface area contributed by atoms with Crippen LogP contribution >= 0.6 is 0 Å². The quantitative estimate of drug-likeness (QED) is 0.211. The highest BCUT2D eigenvalue weighted by atomic mass is 16.6. The first-order valence-corrected chi connectivity index (χ1v) is 16.6. The second-order valence-electron chi connectivity index (χ2n) is 14.9. The van der Waals surface area contributed by atoms with Crippen molar-refractivity contribution in [3.63, 3.8) is 0 Å². The molecule has 5 nitrogen and oxygen atoms in total. The number of rotatable bonds is 10. The molecule has 3 aromatic carbocycles. The van der Waals surface area contributed by atoms with Crippen molar-refractivity contribution in [2.45, 2.75) is 96.8 Å². The average Bonchev–Trinajstić information content (AvgIpc) is 2.99. The first-order chi connectivity index (χ1) is 21.6. The number of hydrogen-bond donors (Lipinski definition) is 0. The fourth-order valence-corrected chi connectivity index (χ4v) is 6.97. The number of carbonyl (C=O) groups is 2. The average molecular weight is 624 g/mol. The molecule has 246 valence electrons. The highest BCUT2D eigenvalue weighted by Crippen LogP contribution is 2.45. The number of aryl methyl sites for hydroxylation is 1. The maximum atomic E-state index is 15.0. The van der Waals surface area contributed by atoms with Gasteiger partial charge in [0, 0.05) is 5.92 Å². The van der Waals surface area contributed by atoms with Crippen LogP contribution in [0.2, 0.25) is 0 Å². The fraction of sp³-hybridized carbons (Fsp3) is 0.463. The van der Waals surface area contributed by atoms with Crippen molar-refractivity contribution >= 4 is 18.0 Å². The molecule has 0 spiro atoms. The zero-order valence-corrected chi connectivity index (χ0v) is 29.3. The molecular weight excluding hydrogens is 570 g/mol. The summed E-state index contributed by atoms with van der Waals surface area (Å²) in [6, 6.07) is 26.2. The molecule has 0 radical (unpaired) electrons. The van der Waals surface area contributed by atoms with E-state index < -0.39 is 17.1 Å². The second kappa shape index (κ2) is 14.4. The molecule has 46 heavy (non-hydrogen) atoms. The largest absolute Gasteiger partial charge is 0.460 e. The zero-order valence-electron chi connectivity index (χ0n) is 29.3. The van der Waals surface area contributed by atoms with Gasteiger partial charge in [0.25, 0.3) is 0 Å². The molecule has 1 aliphatic carbocycles. The molecule has 0 bridgehead atoms. The Balaban J connectivity index is 1.80. The van der Waals surface area contributed by atoms with E-state index in [1.807, 2.05) is 107 Å². The van der Waals surface area contributed by atoms with Crippen molar-refractivity contribution in [3.05, 3.63) is 113 Å². The van der Waals surface area contributed by atoms with Gasteiger partial charge in [0.1, 0.15) is 17.2 Å². The van der Waals surface area contributed by atoms with Crippen molar-refractivity contribution in [1.82, 2.24) is 4.90 Å². The number of esters is 2. The van der Waals surface area contributed by atoms with Gasteiger partial charge in [-0.15, -0.1) is 0 Å². The molecule has 0 saturated heterocycles. The van der Waals surface area contributed by atoms with Crippen molar-refractivity contribution in [2.75, 3.05) is 14.1 Å². The van der Waals surface area contributed by atoms with Crippen LogP contribution in [0.5, 0.6) is 0 Å². The third-order valence-corrected chi connectivity index (χ3v) is 9.70. The van der Waals surface area contributed by atoms with Gasteiger partial charge in [0.15, 0.2) is 0 Å². The van der Waals surface area contributed by atoms with E-state index in [0.29, 0.717) is 17.9 Å². The van der Waals surface area contributed by atoms with E-state index in [1.165, 1.54) is 5.56 Å². The van der Waals surface area contributed by atoms with Crippen LogP contribution in [0.25, 0.3) is 6.08 Å². The number of carbonyl (C=O) groups excluding carboxylic acids is 2. The Bertz CT molecular complexity index is 1500. The van der Waals surface area contributed by atoms with Gasteiger partial charge < -0.3 is 9.47 Å². The predicted molar refractivity (Wildman–Crippen MR) is 188 cm³/mol. The first-order valence-electron chi connectivity index (χ1n) is 16.6. The molecule has 5 heteroatoms. The summed E-state index contributed by atoms with van der Waals surface area (Å²) in [5, 5.41) is 0. The minimum atomic E-state index is -1.19. The third kappa shape index (κ3) is 7.98. The molecule has 0 N–H and O–H groups in total. The van der Waals surface area contributed by atoms with E-state index >= 15 is 0 Å².